The van der Waals surface area contributed by atoms with Gasteiger partial charge in [0.05, 0.1) is 12.7 Å². The number of hydrogen-bond acceptors (Lipinski definition) is 3. The normalized spacial score (nSPS) is 14.6. The molecule has 7 heteroatoms. The summed E-state index contributed by atoms with van der Waals surface area (Å²) in [4.78, 5) is 28.3. The summed E-state index contributed by atoms with van der Waals surface area (Å²) < 4.78 is 32.6. The number of carbonyl (C=O) groups excluding carboxylic acids is 2. The Balaban J connectivity index is 1.69. The summed E-state index contributed by atoms with van der Waals surface area (Å²) in [5, 5.41) is 0. The van der Waals surface area contributed by atoms with Crippen LogP contribution in [-0.2, 0) is 0 Å². The van der Waals surface area contributed by atoms with Gasteiger partial charge < -0.3 is 14.5 Å². The minimum absolute atomic E-state index is 0.0227. The van der Waals surface area contributed by atoms with Gasteiger partial charge in [-0.2, -0.15) is 0 Å². The SMILES string of the molecule is COc1ccc(C(=O)N2CCCN(C(=O)c3ccccc3F)CC2)cc1F. The molecule has 142 valence electrons. The third-order valence-electron chi connectivity index (χ3n) is 4.57. The molecule has 0 spiro atoms. The molecule has 0 aliphatic carbocycles. The quantitative estimate of drug-likeness (QED) is 0.830. The van der Waals surface area contributed by atoms with E-state index in [1.807, 2.05) is 0 Å². The molecule has 27 heavy (non-hydrogen) atoms. The van der Waals surface area contributed by atoms with Crippen molar-refractivity contribution in [2.75, 3.05) is 33.3 Å². The number of benzene rings is 2. The molecule has 1 saturated heterocycles. The van der Waals surface area contributed by atoms with Crippen LogP contribution < -0.4 is 4.74 Å². The van der Waals surface area contributed by atoms with E-state index in [4.69, 9.17) is 4.74 Å². The summed E-state index contributed by atoms with van der Waals surface area (Å²) in [5.41, 5.74) is 0.247. The van der Waals surface area contributed by atoms with Crippen molar-refractivity contribution in [3.05, 3.63) is 65.2 Å². The van der Waals surface area contributed by atoms with Crippen LogP contribution in [0.4, 0.5) is 8.78 Å². The fraction of sp³-hybridized carbons (Fsp3) is 0.300. The Hall–Kier alpha value is -2.96. The number of nitrogens with zero attached hydrogens (tertiary/aromatic N) is 2. The van der Waals surface area contributed by atoms with E-state index >= 15 is 0 Å². The maximum Gasteiger partial charge on any atom is 0.256 e. The van der Waals surface area contributed by atoms with Gasteiger partial charge in [-0.05, 0) is 36.8 Å². The molecule has 1 heterocycles. The summed E-state index contributed by atoms with van der Waals surface area (Å²) >= 11 is 0. The van der Waals surface area contributed by atoms with Crippen LogP contribution in [0.5, 0.6) is 5.75 Å². The van der Waals surface area contributed by atoms with Gasteiger partial charge in [-0.25, -0.2) is 8.78 Å². The standard InChI is InChI=1S/C20H20F2N2O3/c1-27-18-8-7-14(13-17(18)22)19(25)23-9-4-10-24(12-11-23)20(26)15-5-2-3-6-16(15)21/h2-3,5-8,13H,4,9-12H2,1H3. The molecule has 3 rings (SSSR count). The lowest BCUT2D eigenvalue weighted by Gasteiger charge is -2.22. The van der Waals surface area contributed by atoms with Gasteiger partial charge >= 0.3 is 0 Å². The number of amides is 2. The van der Waals surface area contributed by atoms with Gasteiger partial charge in [0.25, 0.3) is 11.8 Å². The van der Waals surface area contributed by atoms with Gasteiger partial charge in [-0.1, -0.05) is 12.1 Å². The second-order valence-corrected chi connectivity index (χ2v) is 6.27. The van der Waals surface area contributed by atoms with E-state index < -0.39 is 17.5 Å². The number of hydrogen-bond donors (Lipinski definition) is 0. The average Bonchev–Trinajstić information content (AvgIpc) is 2.93. The number of methoxy groups -OCH3 is 1. The van der Waals surface area contributed by atoms with Gasteiger partial charge in [0.2, 0.25) is 0 Å². The van der Waals surface area contributed by atoms with E-state index in [0.717, 1.165) is 6.07 Å². The largest absolute Gasteiger partial charge is 0.494 e. The topological polar surface area (TPSA) is 49.9 Å². The third kappa shape index (κ3) is 4.07. The van der Waals surface area contributed by atoms with Crippen molar-refractivity contribution in [1.82, 2.24) is 9.80 Å². The van der Waals surface area contributed by atoms with Gasteiger partial charge in [0.15, 0.2) is 11.6 Å². The van der Waals surface area contributed by atoms with Crippen molar-refractivity contribution in [1.29, 1.82) is 0 Å². The average molecular weight is 374 g/mol. The molecule has 0 N–H and O–H groups in total. The molecule has 5 nitrogen and oxygen atoms in total. The van der Waals surface area contributed by atoms with Crippen molar-refractivity contribution in [3.8, 4) is 5.75 Å². The fourth-order valence-corrected chi connectivity index (χ4v) is 3.11. The van der Waals surface area contributed by atoms with Crippen LogP contribution in [0.3, 0.4) is 0 Å². The third-order valence-corrected chi connectivity index (χ3v) is 4.57. The first-order valence-corrected chi connectivity index (χ1v) is 8.68. The summed E-state index contributed by atoms with van der Waals surface area (Å²) in [5.74, 6) is -1.79. The summed E-state index contributed by atoms with van der Waals surface area (Å²) in [7, 11) is 1.36. The number of rotatable bonds is 3. The summed E-state index contributed by atoms with van der Waals surface area (Å²) in [6.07, 6.45) is 0.560. The molecule has 1 aliphatic heterocycles. The Morgan fingerprint density at radius 2 is 1.56 bits per heavy atom. The van der Waals surface area contributed by atoms with E-state index in [9.17, 15) is 18.4 Å². The van der Waals surface area contributed by atoms with Crippen LogP contribution in [0.15, 0.2) is 42.5 Å². The van der Waals surface area contributed by atoms with Crippen molar-refractivity contribution < 1.29 is 23.1 Å². The Labute approximate surface area is 156 Å². The molecule has 2 aromatic rings. The maximum atomic E-state index is 13.9. The van der Waals surface area contributed by atoms with Crippen molar-refractivity contribution in [3.63, 3.8) is 0 Å². The number of carbonyl (C=O) groups is 2. The predicted molar refractivity (Wildman–Crippen MR) is 95.8 cm³/mol. The molecule has 0 unspecified atom stereocenters. The second-order valence-electron chi connectivity index (χ2n) is 6.27. The van der Waals surface area contributed by atoms with Crippen molar-refractivity contribution in [2.24, 2.45) is 0 Å². The monoisotopic (exact) mass is 374 g/mol. The van der Waals surface area contributed by atoms with Crippen LogP contribution in [0.1, 0.15) is 27.1 Å². The van der Waals surface area contributed by atoms with Gasteiger partial charge in [0.1, 0.15) is 5.82 Å². The van der Waals surface area contributed by atoms with Gasteiger partial charge in [0, 0.05) is 31.7 Å². The van der Waals surface area contributed by atoms with Crippen LogP contribution in [0.25, 0.3) is 0 Å². The second kappa shape index (κ2) is 8.16. The molecule has 1 fully saturated rings. The van der Waals surface area contributed by atoms with Crippen LogP contribution in [0.2, 0.25) is 0 Å². The first-order valence-electron chi connectivity index (χ1n) is 8.68. The van der Waals surface area contributed by atoms with Gasteiger partial charge in [-0.15, -0.1) is 0 Å². The number of halogens is 2. The highest BCUT2D eigenvalue weighted by Gasteiger charge is 2.25. The Morgan fingerprint density at radius 1 is 0.889 bits per heavy atom. The van der Waals surface area contributed by atoms with E-state index in [2.05, 4.69) is 0 Å². The lowest BCUT2D eigenvalue weighted by atomic mass is 10.1. The maximum absolute atomic E-state index is 13.9. The van der Waals surface area contributed by atoms with E-state index in [-0.39, 0.29) is 29.3 Å². The molecule has 0 radical (unpaired) electrons. The zero-order chi connectivity index (χ0) is 19.4. The Morgan fingerprint density at radius 3 is 2.19 bits per heavy atom. The Bertz CT molecular complexity index is 857. The predicted octanol–water partition coefficient (Wildman–Crippen LogP) is 2.96. The smallest absolute Gasteiger partial charge is 0.256 e. The molecule has 1 aliphatic rings. The highest BCUT2D eigenvalue weighted by molar-refractivity contribution is 5.95. The highest BCUT2D eigenvalue weighted by Crippen LogP contribution is 2.20. The molecule has 0 saturated carbocycles. The molecule has 0 bridgehead atoms. The van der Waals surface area contributed by atoms with E-state index in [0.29, 0.717) is 26.1 Å². The minimum atomic E-state index is -0.602. The highest BCUT2D eigenvalue weighted by atomic mass is 19.1. The van der Waals surface area contributed by atoms with Crippen LogP contribution in [0, 0.1) is 11.6 Å². The zero-order valence-electron chi connectivity index (χ0n) is 15.0. The van der Waals surface area contributed by atoms with E-state index in [1.54, 1.807) is 15.9 Å². The number of ether oxygens (including phenoxy) is 1. The first kappa shape index (κ1) is 18.8. The van der Waals surface area contributed by atoms with Crippen molar-refractivity contribution in [2.45, 2.75) is 6.42 Å². The Kier molecular flexibility index (Phi) is 5.69. The first-order chi connectivity index (χ1) is 13.0. The van der Waals surface area contributed by atoms with Crippen LogP contribution in [-0.4, -0.2) is 54.9 Å². The minimum Gasteiger partial charge on any atom is -0.494 e. The van der Waals surface area contributed by atoms with Gasteiger partial charge in [-0.3, -0.25) is 9.59 Å². The van der Waals surface area contributed by atoms with Crippen LogP contribution >= 0.6 is 0 Å². The molecule has 2 amide bonds. The summed E-state index contributed by atoms with van der Waals surface area (Å²) in [6, 6.07) is 9.91. The molecule has 0 atom stereocenters. The summed E-state index contributed by atoms with van der Waals surface area (Å²) in [6.45, 7) is 1.45. The zero-order valence-corrected chi connectivity index (χ0v) is 15.0. The molecular weight excluding hydrogens is 354 g/mol. The molecular formula is C20H20F2N2O3. The fourth-order valence-electron chi connectivity index (χ4n) is 3.11. The molecule has 0 aromatic heterocycles. The lowest BCUT2D eigenvalue weighted by molar-refractivity contribution is 0.0716. The lowest BCUT2D eigenvalue weighted by Crippen LogP contribution is -2.37. The van der Waals surface area contributed by atoms with Crippen molar-refractivity contribution >= 4 is 11.8 Å². The van der Waals surface area contributed by atoms with E-state index in [1.165, 1.54) is 37.4 Å². The molecule has 2 aromatic carbocycles.